The Bertz CT molecular complexity index is 1480. The molecule has 8 heteroatoms. The van der Waals surface area contributed by atoms with Gasteiger partial charge in [0.1, 0.15) is 17.7 Å². The van der Waals surface area contributed by atoms with Gasteiger partial charge >= 0.3 is 0 Å². The maximum absolute atomic E-state index is 12.8. The van der Waals surface area contributed by atoms with Crippen LogP contribution in [0.4, 0.5) is 0 Å². The molecule has 0 radical (unpaired) electrons. The van der Waals surface area contributed by atoms with Crippen LogP contribution in [0.5, 0.6) is 0 Å². The number of fused-ring (bicyclic) bond motifs is 1. The number of hydrogen-bond donors (Lipinski definition) is 0. The van der Waals surface area contributed by atoms with Crippen LogP contribution in [-0.4, -0.2) is 48.3 Å². The average Bonchev–Trinajstić information content (AvgIpc) is 3.61. The van der Waals surface area contributed by atoms with Crippen LogP contribution < -0.4 is 0 Å². The van der Waals surface area contributed by atoms with E-state index in [9.17, 15) is 8.42 Å². The zero-order chi connectivity index (χ0) is 23.9. The van der Waals surface area contributed by atoms with Gasteiger partial charge in [-0.3, -0.25) is 0 Å². The van der Waals surface area contributed by atoms with E-state index in [1.165, 1.54) is 19.2 Å². The van der Waals surface area contributed by atoms with Crippen molar-refractivity contribution in [1.29, 1.82) is 0 Å². The largest absolute Gasteiger partial charge is 0.368 e. The molecule has 0 unspecified atom stereocenters. The van der Waals surface area contributed by atoms with Gasteiger partial charge in [0, 0.05) is 31.8 Å². The van der Waals surface area contributed by atoms with Gasteiger partial charge in [-0.15, -0.1) is 4.40 Å². The molecule has 0 amide bonds. The summed E-state index contributed by atoms with van der Waals surface area (Å²) in [6.45, 7) is 2.74. The molecule has 0 bridgehead atoms. The molecule has 2 aromatic carbocycles. The third-order valence-corrected chi connectivity index (χ3v) is 7.28. The van der Waals surface area contributed by atoms with Crippen LogP contribution in [0.3, 0.4) is 0 Å². The van der Waals surface area contributed by atoms with Crippen LogP contribution >= 0.6 is 0 Å². The Morgan fingerprint density at radius 3 is 2.53 bits per heavy atom. The molecule has 1 saturated carbocycles. The summed E-state index contributed by atoms with van der Waals surface area (Å²) in [6, 6.07) is 17.0. The second-order valence-electron chi connectivity index (χ2n) is 8.98. The van der Waals surface area contributed by atoms with Crippen molar-refractivity contribution in [2.24, 2.45) is 4.40 Å². The van der Waals surface area contributed by atoms with Gasteiger partial charge in [-0.1, -0.05) is 42.5 Å². The molecule has 1 fully saturated rings. The van der Waals surface area contributed by atoms with Crippen LogP contribution in [0.2, 0.25) is 0 Å². The fourth-order valence-corrected chi connectivity index (χ4v) is 5.22. The lowest BCUT2D eigenvalue weighted by atomic mass is 10.0. The van der Waals surface area contributed by atoms with Crippen LogP contribution in [0, 0.1) is 6.92 Å². The van der Waals surface area contributed by atoms with E-state index in [4.69, 9.17) is 4.98 Å². The first-order valence-electron chi connectivity index (χ1n) is 11.3. The molecule has 4 aromatic rings. The number of pyridine rings is 1. The molecule has 174 valence electrons. The molecule has 34 heavy (non-hydrogen) atoms. The lowest BCUT2D eigenvalue weighted by molar-refractivity contribution is 0.595. The summed E-state index contributed by atoms with van der Waals surface area (Å²) in [5.74, 6) is 1.61. The average molecular weight is 474 g/mol. The molecule has 1 aliphatic rings. The van der Waals surface area contributed by atoms with Crippen LogP contribution in [0.25, 0.3) is 22.3 Å². The van der Waals surface area contributed by atoms with Crippen molar-refractivity contribution >= 4 is 27.5 Å². The van der Waals surface area contributed by atoms with Crippen LogP contribution in [0.15, 0.2) is 70.1 Å². The number of aryl methyl sites for hydroxylation is 1. The second-order valence-corrected chi connectivity index (χ2v) is 10.6. The monoisotopic (exact) mass is 473 g/mol. The molecule has 1 aliphatic carbocycles. The Morgan fingerprint density at radius 2 is 1.82 bits per heavy atom. The van der Waals surface area contributed by atoms with E-state index in [-0.39, 0.29) is 4.90 Å². The van der Waals surface area contributed by atoms with E-state index >= 15 is 0 Å². The molecule has 0 spiro atoms. The zero-order valence-electron chi connectivity index (χ0n) is 19.5. The Kier molecular flexibility index (Phi) is 5.69. The van der Waals surface area contributed by atoms with E-state index in [1.807, 2.05) is 48.7 Å². The molecular weight excluding hydrogens is 446 g/mol. The molecule has 7 nitrogen and oxygen atoms in total. The predicted molar refractivity (Wildman–Crippen MR) is 135 cm³/mol. The lowest BCUT2D eigenvalue weighted by Gasteiger charge is -2.11. The van der Waals surface area contributed by atoms with Gasteiger partial charge in [0.2, 0.25) is 0 Å². The molecular formula is C26H27N5O2S. The minimum absolute atomic E-state index is 0.192. The first-order chi connectivity index (χ1) is 16.3. The van der Waals surface area contributed by atoms with Crippen molar-refractivity contribution < 1.29 is 8.42 Å². The third-order valence-electron chi connectivity index (χ3n) is 6.00. The zero-order valence-corrected chi connectivity index (χ0v) is 20.3. The smallest absolute Gasteiger partial charge is 0.284 e. The Balaban J connectivity index is 1.48. The minimum atomic E-state index is -3.81. The maximum atomic E-state index is 12.8. The van der Waals surface area contributed by atoms with Gasteiger partial charge in [-0.25, -0.2) is 9.97 Å². The summed E-state index contributed by atoms with van der Waals surface area (Å²) >= 11 is 0. The summed E-state index contributed by atoms with van der Waals surface area (Å²) in [6.07, 6.45) is 5.48. The highest BCUT2D eigenvalue weighted by atomic mass is 32.2. The van der Waals surface area contributed by atoms with Crippen molar-refractivity contribution in [3.63, 3.8) is 0 Å². The normalized spacial score (nSPS) is 14.2. The molecule has 2 heterocycles. The summed E-state index contributed by atoms with van der Waals surface area (Å²) in [5, 5.41) is 0. The SMILES string of the molecule is Cc1ccnc2c1nc(C1CC1)n2Cc1ccc(-c2ccccc2S(=O)(=O)/N=C/N(C)C)cc1. The van der Waals surface area contributed by atoms with Gasteiger partial charge in [0.25, 0.3) is 10.0 Å². The number of imidazole rings is 1. The fraction of sp³-hybridized carbons (Fsp3) is 0.269. The quantitative estimate of drug-likeness (QED) is 0.289. The fourth-order valence-electron chi connectivity index (χ4n) is 4.08. The third kappa shape index (κ3) is 4.33. The number of sulfonamides is 1. The van der Waals surface area contributed by atoms with E-state index in [0.29, 0.717) is 18.0 Å². The van der Waals surface area contributed by atoms with Crippen molar-refractivity contribution in [1.82, 2.24) is 19.4 Å². The molecule has 0 aliphatic heterocycles. The van der Waals surface area contributed by atoms with Crippen molar-refractivity contribution in [3.8, 4) is 11.1 Å². The van der Waals surface area contributed by atoms with Gasteiger partial charge in [-0.2, -0.15) is 8.42 Å². The topological polar surface area (TPSA) is 80.4 Å². The van der Waals surface area contributed by atoms with Crippen molar-refractivity contribution in [2.45, 2.75) is 37.1 Å². The Hall–Kier alpha value is -3.52. The Morgan fingerprint density at radius 1 is 1.09 bits per heavy atom. The number of benzene rings is 2. The van der Waals surface area contributed by atoms with Crippen LogP contribution in [0.1, 0.15) is 35.7 Å². The highest BCUT2D eigenvalue weighted by Crippen LogP contribution is 2.41. The van der Waals surface area contributed by atoms with Crippen LogP contribution in [-0.2, 0) is 16.6 Å². The van der Waals surface area contributed by atoms with E-state index < -0.39 is 10.0 Å². The standard InChI is InChI=1S/C26H27N5O2S/c1-18-14-15-27-26-24(18)29-25(21-12-13-21)31(26)16-19-8-10-20(11-9-19)22-6-4-5-7-23(22)34(32,33)28-17-30(2)3/h4-11,14-15,17,21H,12-13,16H2,1-3H3/b28-17+. The number of hydrogen-bond acceptors (Lipinski definition) is 4. The van der Waals surface area contributed by atoms with Crippen molar-refractivity contribution in [2.75, 3.05) is 14.1 Å². The molecule has 0 N–H and O–H groups in total. The van der Waals surface area contributed by atoms with Gasteiger partial charge in [-0.05, 0) is 48.6 Å². The summed E-state index contributed by atoms with van der Waals surface area (Å²) in [5.41, 5.74) is 5.60. The highest BCUT2D eigenvalue weighted by molar-refractivity contribution is 7.90. The van der Waals surface area contributed by atoms with E-state index in [1.54, 1.807) is 31.1 Å². The minimum Gasteiger partial charge on any atom is -0.368 e. The molecule has 0 saturated heterocycles. The Labute approximate surface area is 199 Å². The van der Waals surface area contributed by atoms with Gasteiger partial charge in [0.15, 0.2) is 5.65 Å². The van der Waals surface area contributed by atoms with Crippen molar-refractivity contribution in [3.05, 3.63) is 77.7 Å². The number of rotatable bonds is 7. The summed E-state index contributed by atoms with van der Waals surface area (Å²) in [4.78, 5) is 11.3. The molecule has 2 aromatic heterocycles. The van der Waals surface area contributed by atoms with E-state index in [2.05, 4.69) is 20.9 Å². The summed E-state index contributed by atoms with van der Waals surface area (Å²) in [7, 11) is -0.345. The maximum Gasteiger partial charge on any atom is 0.284 e. The van der Waals surface area contributed by atoms with Gasteiger partial charge in [0.05, 0.1) is 11.4 Å². The highest BCUT2D eigenvalue weighted by Gasteiger charge is 2.30. The number of nitrogens with zero attached hydrogens (tertiary/aromatic N) is 5. The van der Waals surface area contributed by atoms with E-state index in [0.717, 1.165) is 33.7 Å². The summed E-state index contributed by atoms with van der Waals surface area (Å²) < 4.78 is 31.7. The first kappa shape index (κ1) is 22.3. The second kappa shape index (κ2) is 8.68. The van der Waals surface area contributed by atoms with Gasteiger partial charge < -0.3 is 9.47 Å². The molecule has 5 rings (SSSR count). The first-order valence-corrected chi connectivity index (χ1v) is 12.7. The molecule has 0 atom stereocenters. The number of aromatic nitrogens is 3. The lowest BCUT2D eigenvalue weighted by Crippen LogP contribution is -2.10. The predicted octanol–water partition coefficient (Wildman–Crippen LogP) is 4.61.